The van der Waals surface area contributed by atoms with Gasteiger partial charge in [0.05, 0.1) is 11.4 Å². The number of hydrogen-bond donors (Lipinski definition) is 0. The van der Waals surface area contributed by atoms with Crippen LogP contribution in [-0.4, -0.2) is 34.2 Å². The average molecular weight is 427 g/mol. The molecule has 166 valence electrons. The molecule has 0 saturated heterocycles. The number of nitrogens with zero attached hydrogens (tertiary/aromatic N) is 2. The predicted octanol–water partition coefficient (Wildman–Crippen LogP) is 5.56. The second kappa shape index (κ2) is 9.29. The highest BCUT2D eigenvalue weighted by molar-refractivity contribution is 6.11. The third-order valence-corrected chi connectivity index (χ3v) is 3.82. The highest BCUT2D eigenvalue weighted by Gasteiger charge is 2.34. The summed E-state index contributed by atoms with van der Waals surface area (Å²) >= 11 is 0. The summed E-state index contributed by atoms with van der Waals surface area (Å²) < 4.78 is 11.0. The Morgan fingerprint density at radius 3 is 1.87 bits per heavy atom. The zero-order valence-corrected chi connectivity index (χ0v) is 19.2. The first kappa shape index (κ1) is 24.1. The van der Waals surface area contributed by atoms with Crippen LogP contribution in [0.15, 0.2) is 42.6 Å². The minimum Gasteiger partial charge on any atom is -0.443 e. The molecule has 7 heteroatoms. The summed E-state index contributed by atoms with van der Waals surface area (Å²) in [5, 5.41) is 0. The second-order valence-electron chi connectivity index (χ2n) is 9.25. The smallest absolute Gasteiger partial charge is 0.424 e. The Morgan fingerprint density at radius 2 is 1.42 bits per heavy atom. The molecule has 1 aromatic carbocycles. The van der Waals surface area contributed by atoms with E-state index in [1.54, 1.807) is 53.8 Å². The first-order valence-corrected chi connectivity index (χ1v) is 10.1. The van der Waals surface area contributed by atoms with Gasteiger partial charge in [-0.1, -0.05) is 30.3 Å². The van der Waals surface area contributed by atoms with Gasteiger partial charge in [0.25, 0.3) is 0 Å². The van der Waals surface area contributed by atoms with Gasteiger partial charge >= 0.3 is 12.2 Å². The number of carbonyl (C=O) groups excluding carboxylic acids is 3. The van der Waals surface area contributed by atoms with E-state index in [0.29, 0.717) is 16.8 Å². The number of amides is 2. The molecule has 2 aromatic rings. The van der Waals surface area contributed by atoms with E-state index in [1.807, 2.05) is 30.3 Å². The van der Waals surface area contributed by atoms with E-state index in [0.717, 1.165) is 4.90 Å². The van der Waals surface area contributed by atoms with Crippen molar-refractivity contribution in [1.29, 1.82) is 0 Å². The van der Waals surface area contributed by atoms with Crippen molar-refractivity contribution in [2.24, 2.45) is 0 Å². The van der Waals surface area contributed by atoms with E-state index in [4.69, 9.17) is 9.47 Å². The Labute approximate surface area is 183 Å². The number of imide groups is 1. The summed E-state index contributed by atoms with van der Waals surface area (Å²) in [5.41, 5.74) is 0.171. The fourth-order valence-corrected chi connectivity index (χ4v) is 2.75. The maximum absolute atomic E-state index is 13.1. The maximum Gasteiger partial charge on any atom is 0.424 e. The Bertz CT molecular complexity index is 928. The average Bonchev–Trinajstić information content (AvgIpc) is 2.59. The molecule has 0 atom stereocenters. The van der Waals surface area contributed by atoms with Crippen molar-refractivity contribution >= 4 is 23.7 Å². The van der Waals surface area contributed by atoms with E-state index < -0.39 is 23.4 Å². The van der Waals surface area contributed by atoms with Crippen LogP contribution in [0.4, 0.5) is 15.3 Å². The lowest BCUT2D eigenvalue weighted by atomic mass is 10.1. The number of pyridine rings is 1. The Kier molecular flexibility index (Phi) is 7.21. The lowest BCUT2D eigenvalue weighted by Crippen LogP contribution is -2.44. The Morgan fingerprint density at radius 1 is 0.903 bits per heavy atom. The van der Waals surface area contributed by atoms with Gasteiger partial charge in [0.2, 0.25) is 0 Å². The third kappa shape index (κ3) is 7.20. The van der Waals surface area contributed by atoms with Crippen molar-refractivity contribution < 1.29 is 23.9 Å². The highest BCUT2D eigenvalue weighted by atomic mass is 16.6. The monoisotopic (exact) mass is 426 g/mol. The minimum atomic E-state index is -0.888. The molecule has 2 amide bonds. The second-order valence-corrected chi connectivity index (χ2v) is 9.25. The van der Waals surface area contributed by atoms with Crippen molar-refractivity contribution in [2.75, 3.05) is 4.90 Å². The van der Waals surface area contributed by atoms with Gasteiger partial charge in [0.15, 0.2) is 0 Å². The number of anilines is 1. The summed E-state index contributed by atoms with van der Waals surface area (Å²) in [6, 6.07) is 10.8. The number of ether oxygens (including phenoxy) is 2. The van der Waals surface area contributed by atoms with Crippen LogP contribution in [0.2, 0.25) is 0 Å². The van der Waals surface area contributed by atoms with Crippen molar-refractivity contribution in [3.63, 3.8) is 0 Å². The zero-order valence-electron chi connectivity index (χ0n) is 19.2. The summed E-state index contributed by atoms with van der Waals surface area (Å²) in [6.07, 6.45) is -0.0948. The van der Waals surface area contributed by atoms with Gasteiger partial charge in [0.1, 0.15) is 17.0 Å². The molecule has 0 unspecified atom stereocenters. The van der Waals surface area contributed by atoms with E-state index in [2.05, 4.69) is 4.98 Å². The van der Waals surface area contributed by atoms with E-state index in [-0.39, 0.29) is 17.9 Å². The van der Waals surface area contributed by atoms with Crippen LogP contribution in [0.1, 0.15) is 54.0 Å². The molecule has 2 rings (SSSR count). The molecule has 0 spiro atoms. The molecule has 0 saturated carbocycles. The number of ketones is 1. The summed E-state index contributed by atoms with van der Waals surface area (Å²) in [7, 11) is 0. The normalized spacial score (nSPS) is 11.6. The molecule has 1 heterocycles. The minimum absolute atomic E-state index is 0.0682. The largest absolute Gasteiger partial charge is 0.443 e. The molecule has 7 nitrogen and oxygen atoms in total. The van der Waals surface area contributed by atoms with Gasteiger partial charge in [-0.05, 0) is 60.1 Å². The van der Waals surface area contributed by atoms with Crippen LogP contribution in [0, 0.1) is 0 Å². The molecule has 0 bridgehead atoms. The third-order valence-electron chi connectivity index (χ3n) is 3.82. The van der Waals surface area contributed by atoms with Crippen LogP contribution in [0.5, 0.6) is 0 Å². The molecule has 31 heavy (non-hydrogen) atoms. The number of Topliss-reactive ketones (excluding diaryl/α,β-unsaturated/α-hetero) is 1. The van der Waals surface area contributed by atoms with Crippen molar-refractivity contribution in [3.05, 3.63) is 48.2 Å². The van der Waals surface area contributed by atoms with E-state index in [9.17, 15) is 14.4 Å². The van der Waals surface area contributed by atoms with Gasteiger partial charge in [0, 0.05) is 18.2 Å². The van der Waals surface area contributed by atoms with Crippen molar-refractivity contribution in [2.45, 2.75) is 66.1 Å². The molecule has 0 aliphatic rings. The van der Waals surface area contributed by atoms with Crippen LogP contribution in [0.3, 0.4) is 0 Å². The van der Waals surface area contributed by atoms with Crippen LogP contribution in [0.25, 0.3) is 11.3 Å². The van der Waals surface area contributed by atoms with Gasteiger partial charge in [-0.25, -0.2) is 9.59 Å². The topological polar surface area (TPSA) is 85.8 Å². The summed E-state index contributed by atoms with van der Waals surface area (Å²) in [6.45, 7) is 11.7. The zero-order chi connectivity index (χ0) is 23.4. The lowest BCUT2D eigenvalue weighted by molar-refractivity contribution is -0.116. The number of rotatable bonds is 4. The van der Waals surface area contributed by atoms with E-state index in [1.165, 1.54) is 6.92 Å². The fraction of sp³-hybridized carbons (Fsp3) is 0.417. The quantitative estimate of drug-likeness (QED) is 0.636. The number of aromatic nitrogens is 1. The van der Waals surface area contributed by atoms with Gasteiger partial charge < -0.3 is 9.47 Å². The summed E-state index contributed by atoms with van der Waals surface area (Å²) in [5.74, 6) is -0.0682. The Hall–Kier alpha value is -3.22. The van der Waals surface area contributed by atoms with Gasteiger partial charge in [-0.3, -0.25) is 9.78 Å². The molecule has 0 radical (unpaired) electrons. The fourth-order valence-electron chi connectivity index (χ4n) is 2.75. The Balaban J connectivity index is 2.69. The number of benzene rings is 1. The molecule has 1 aromatic heterocycles. The molecule has 0 N–H and O–H groups in total. The van der Waals surface area contributed by atoms with Crippen LogP contribution < -0.4 is 4.90 Å². The predicted molar refractivity (Wildman–Crippen MR) is 119 cm³/mol. The lowest BCUT2D eigenvalue weighted by Gasteiger charge is -2.29. The van der Waals surface area contributed by atoms with Crippen LogP contribution >= 0.6 is 0 Å². The first-order chi connectivity index (χ1) is 14.3. The van der Waals surface area contributed by atoms with Crippen molar-refractivity contribution in [3.8, 4) is 11.3 Å². The molecular formula is C24H30N2O5. The van der Waals surface area contributed by atoms with Gasteiger partial charge in [-0.2, -0.15) is 4.90 Å². The molecular weight excluding hydrogens is 396 g/mol. The molecule has 0 fully saturated rings. The van der Waals surface area contributed by atoms with Gasteiger partial charge in [-0.15, -0.1) is 0 Å². The standard InChI is InChI=1S/C24H30N2O5/c1-16(27)13-17-14-19(20(25-15-17)18-11-9-8-10-12-18)26(21(28)30-23(2,3)4)22(29)31-24(5,6)7/h8-12,14-15H,13H2,1-7H3. The number of hydrogen-bond acceptors (Lipinski definition) is 6. The van der Waals surface area contributed by atoms with Crippen LogP contribution in [-0.2, 0) is 20.7 Å². The van der Waals surface area contributed by atoms with Crippen molar-refractivity contribution in [1.82, 2.24) is 4.98 Å². The number of carbonyl (C=O) groups is 3. The molecule has 0 aliphatic carbocycles. The first-order valence-electron chi connectivity index (χ1n) is 10.1. The highest BCUT2D eigenvalue weighted by Crippen LogP contribution is 2.32. The molecule has 0 aliphatic heterocycles. The SMILES string of the molecule is CC(=O)Cc1cnc(-c2ccccc2)c(N(C(=O)OC(C)(C)C)C(=O)OC(C)(C)C)c1. The maximum atomic E-state index is 13.1. The van der Waals surface area contributed by atoms with E-state index >= 15 is 0 Å². The summed E-state index contributed by atoms with van der Waals surface area (Å²) in [4.78, 5) is 43.2.